The molecule has 1 aliphatic rings. The molecule has 0 unspecified atom stereocenters. The van der Waals surface area contributed by atoms with Crippen LogP contribution in [-0.2, 0) is 7.05 Å². The number of amides is 1. The number of rotatable bonds is 5. The SMILES string of the molecule is Cn1cnnc1Sc1ccc(C(=O)N2CCN(c3ccccn3)CC2)cc1[N+](=O)[O-]. The monoisotopic (exact) mass is 425 g/mol. The molecule has 4 rings (SSSR count). The normalized spacial score (nSPS) is 14.0. The first kappa shape index (κ1) is 19.8. The van der Waals surface area contributed by atoms with Gasteiger partial charge in [0.1, 0.15) is 12.1 Å². The zero-order valence-electron chi connectivity index (χ0n) is 16.2. The molecule has 1 saturated heterocycles. The minimum atomic E-state index is -0.478. The molecule has 30 heavy (non-hydrogen) atoms. The third-order valence-corrected chi connectivity index (χ3v) is 5.93. The highest BCUT2D eigenvalue weighted by Gasteiger charge is 2.25. The fourth-order valence-electron chi connectivity index (χ4n) is 3.20. The molecule has 0 aliphatic carbocycles. The first-order valence-electron chi connectivity index (χ1n) is 9.28. The topological polar surface area (TPSA) is 110 Å². The molecule has 1 amide bonds. The van der Waals surface area contributed by atoms with Crippen LogP contribution < -0.4 is 4.90 Å². The van der Waals surface area contributed by atoms with Crippen molar-refractivity contribution in [3.63, 3.8) is 0 Å². The Morgan fingerprint density at radius 3 is 2.60 bits per heavy atom. The number of carbonyl (C=O) groups excluding carboxylic acids is 1. The molecule has 2 aromatic heterocycles. The van der Waals surface area contributed by atoms with Crippen LogP contribution in [0.5, 0.6) is 0 Å². The predicted octanol–water partition coefficient (Wildman–Crippen LogP) is 2.23. The van der Waals surface area contributed by atoms with Crippen LogP contribution in [0.4, 0.5) is 11.5 Å². The van der Waals surface area contributed by atoms with Crippen molar-refractivity contribution in [2.75, 3.05) is 31.1 Å². The number of benzene rings is 1. The fraction of sp³-hybridized carbons (Fsp3) is 0.263. The predicted molar refractivity (Wildman–Crippen MR) is 111 cm³/mol. The van der Waals surface area contributed by atoms with Crippen molar-refractivity contribution < 1.29 is 9.72 Å². The van der Waals surface area contributed by atoms with Gasteiger partial charge < -0.3 is 14.4 Å². The van der Waals surface area contributed by atoms with Crippen molar-refractivity contribution >= 4 is 29.2 Å². The molecule has 0 atom stereocenters. The quantitative estimate of drug-likeness (QED) is 0.452. The largest absolute Gasteiger partial charge is 0.353 e. The number of pyridine rings is 1. The van der Waals surface area contributed by atoms with Crippen molar-refractivity contribution in [2.45, 2.75) is 10.1 Å². The zero-order chi connectivity index (χ0) is 21.1. The van der Waals surface area contributed by atoms with E-state index in [2.05, 4.69) is 20.1 Å². The summed E-state index contributed by atoms with van der Waals surface area (Å²) >= 11 is 1.14. The maximum Gasteiger partial charge on any atom is 0.284 e. The highest BCUT2D eigenvalue weighted by Crippen LogP contribution is 2.34. The Kier molecular flexibility index (Phi) is 5.61. The van der Waals surface area contributed by atoms with E-state index < -0.39 is 4.92 Å². The highest BCUT2D eigenvalue weighted by molar-refractivity contribution is 7.99. The summed E-state index contributed by atoms with van der Waals surface area (Å²) in [5, 5.41) is 19.9. The van der Waals surface area contributed by atoms with Gasteiger partial charge in [-0.25, -0.2) is 4.98 Å². The summed E-state index contributed by atoms with van der Waals surface area (Å²) in [6.45, 7) is 2.37. The van der Waals surface area contributed by atoms with E-state index in [1.807, 2.05) is 18.2 Å². The van der Waals surface area contributed by atoms with Crippen molar-refractivity contribution in [3.8, 4) is 0 Å². The first-order chi connectivity index (χ1) is 14.5. The number of hydrogen-bond acceptors (Lipinski definition) is 8. The first-order valence-corrected chi connectivity index (χ1v) is 10.1. The van der Waals surface area contributed by atoms with Gasteiger partial charge in [-0.1, -0.05) is 6.07 Å². The number of aryl methyl sites for hydroxylation is 1. The van der Waals surface area contributed by atoms with Gasteiger partial charge in [0.2, 0.25) is 0 Å². The molecule has 0 radical (unpaired) electrons. The van der Waals surface area contributed by atoms with Crippen LogP contribution in [0, 0.1) is 10.1 Å². The average molecular weight is 425 g/mol. The minimum absolute atomic E-state index is 0.124. The van der Waals surface area contributed by atoms with Crippen molar-refractivity contribution in [1.29, 1.82) is 0 Å². The van der Waals surface area contributed by atoms with E-state index in [-0.39, 0.29) is 11.6 Å². The van der Waals surface area contributed by atoms with Crippen LogP contribution in [0.2, 0.25) is 0 Å². The smallest absolute Gasteiger partial charge is 0.284 e. The number of carbonyl (C=O) groups is 1. The summed E-state index contributed by atoms with van der Waals surface area (Å²) in [4.78, 5) is 32.6. The second kappa shape index (κ2) is 8.49. The van der Waals surface area contributed by atoms with Crippen molar-refractivity contribution in [3.05, 3.63) is 64.6 Å². The maximum absolute atomic E-state index is 12.9. The number of aromatic nitrogens is 4. The fourth-order valence-corrected chi connectivity index (χ4v) is 4.05. The van der Waals surface area contributed by atoms with Gasteiger partial charge in [0.15, 0.2) is 5.16 Å². The number of anilines is 1. The molecule has 11 heteroatoms. The molecule has 0 N–H and O–H groups in total. The van der Waals surface area contributed by atoms with Gasteiger partial charge in [-0.3, -0.25) is 14.9 Å². The van der Waals surface area contributed by atoms with Gasteiger partial charge in [-0.2, -0.15) is 0 Å². The summed E-state index contributed by atoms with van der Waals surface area (Å²) in [7, 11) is 1.76. The highest BCUT2D eigenvalue weighted by atomic mass is 32.2. The second-order valence-electron chi connectivity index (χ2n) is 6.73. The Morgan fingerprint density at radius 1 is 1.17 bits per heavy atom. The number of hydrogen-bond donors (Lipinski definition) is 0. The molecule has 0 saturated carbocycles. The van der Waals surface area contributed by atoms with E-state index in [1.165, 1.54) is 12.4 Å². The second-order valence-corrected chi connectivity index (χ2v) is 7.74. The Balaban J connectivity index is 1.48. The van der Waals surface area contributed by atoms with E-state index in [4.69, 9.17) is 0 Å². The van der Waals surface area contributed by atoms with Crippen LogP contribution >= 0.6 is 11.8 Å². The Bertz CT molecular complexity index is 1060. The van der Waals surface area contributed by atoms with E-state index >= 15 is 0 Å². The van der Waals surface area contributed by atoms with E-state index in [1.54, 1.807) is 34.8 Å². The lowest BCUT2D eigenvalue weighted by atomic mass is 10.1. The summed E-state index contributed by atoms with van der Waals surface area (Å²) in [6.07, 6.45) is 3.27. The summed E-state index contributed by atoms with van der Waals surface area (Å²) in [6, 6.07) is 10.3. The standard InChI is InChI=1S/C19H19N7O3S/c1-23-13-21-22-19(23)30-16-6-5-14(12-15(16)26(28)29)18(27)25-10-8-24(9-11-25)17-4-2-3-7-20-17/h2-7,12-13H,8-11H2,1H3. The van der Waals surface area contributed by atoms with Gasteiger partial charge >= 0.3 is 0 Å². The van der Waals surface area contributed by atoms with Crippen molar-refractivity contribution in [2.24, 2.45) is 7.05 Å². The third-order valence-electron chi connectivity index (χ3n) is 4.81. The molecule has 154 valence electrons. The lowest BCUT2D eigenvalue weighted by Crippen LogP contribution is -2.49. The lowest BCUT2D eigenvalue weighted by molar-refractivity contribution is -0.387. The summed E-state index contributed by atoms with van der Waals surface area (Å²) in [5.74, 6) is 0.666. The Hall–Kier alpha value is -3.47. The van der Waals surface area contributed by atoms with Crippen LogP contribution in [0.15, 0.2) is 59.0 Å². The molecule has 1 aliphatic heterocycles. The van der Waals surface area contributed by atoms with Gasteiger partial charge in [-0.05, 0) is 36.0 Å². The molecule has 3 heterocycles. The number of nitrogens with zero attached hydrogens (tertiary/aromatic N) is 7. The Morgan fingerprint density at radius 2 is 1.97 bits per heavy atom. The summed E-state index contributed by atoms with van der Waals surface area (Å²) in [5.41, 5.74) is 0.177. The maximum atomic E-state index is 12.9. The van der Waals surface area contributed by atoms with Gasteiger partial charge in [0.25, 0.3) is 11.6 Å². The number of piperazine rings is 1. The zero-order valence-corrected chi connectivity index (χ0v) is 17.0. The molecule has 0 spiro atoms. The molecule has 10 nitrogen and oxygen atoms in total. The Labute approximate surface area is 176 Å². The average Bonchev–Trinajstić information content (AvgIpc) is 3.18. The number of nitro benzene ring substituents is 1. The molecular weight excluding hydrogens is 406 g/mol. The molecule has 0 bridgehead atoms. The lowest BCUT2D eigenvalue weighted by Gasteiger charge is -2.35. The molecule has 1 aromatic carbocycles. The minimum Gasteiger partial charge on any atom is -0.353 e. The van der Waals surface area contributed by atoms with Crippen molar-refractivity contribution in [1.82, 2.24) is 24.6 Å². The van der Waals surface area contributed by atoms with E-state index in [0.717, 1.165) is 17.6 Å². The summed E-state index contributed by atoms with van der Waals surface area (Å²) < 4.78 is 1.68. The van der Waals surface area contributed by atoms with Gasteiger partial charge in [0.05, 0.1) is 9.82 Å². The van der Waals surface area contributed by atoms with E-state index in [9.17, 15) is 14.9 Å². The van der Waals surface area contributed by atoms with Gasteiger partial charge in [0, 0.05) is 51.1 Å². The van der Waals surface area contributed by atoms with E-state index in [0.29, 0.717) is 41.8 Å². The van der Waals surface area contributed by atoms with Crippen LogP contribution in [0.25, 0.3) is 0 Å². The molecule has 3 aromatic rings. The molecule has 1 fully saturated rings. The van der Waals surface area contributed by atoms with Gasteiger partial charge in [-0.15, -0.1) is 10.2 Å². The van der Waals surface area contributed by atoms with Crippen LogP contribution in [-0.4, -0.2) is 61.7 Å². The van der Waals surface area contributed by atoms with Crippen LogP contribution in [0.1, 0.15) is 10.4 Å². The van der Waals surface area contributed by atoms with Crippen LogP contribution in [0.3, 0.4) is 0 Å². The molecular formula is C19H19N7O3S. The third kappa shape index (κ3) is 4.10. The number of nitro groups is 1.